The molecule has 0 spiro atoms. The molecule has 2 aliphatic rings. The number of anilines is 2. The number of aromatic nitrogens is 4. The standard InChI is InChI=1S/C33H41FN8O3/c1-4-27(43)37-25-16-26(30(45)29(25)44)42-19-36-28-31(38-33(39-32(28)42)41-15-14-23(18-41)40(2)3)35-17-24(20-8-6-5-7-9-20)21-10-12-22(34)13-11-21/h5-13,19,23-26,29-30,44-45H,4,14-18H2,1-3H3,(H,37,43)(H,35,38,39)/t23-,24?,25+,26-,29-,30+/m1/s1. The summed E-state index contributed by atoms with van der Waals surface area (Å²) in [6.07, 6.45) is 0.974. The van der Waals surface area contributed by atoms with Gasteiger partial charge < -0.3 is 35.2 Å². The van der Waals surface area contributed by atoms with E-state index in [1.165, 1.54) is 12.1 Å². The third-order valence-electron chi connectivity index (χ3n) is 9.21. The maximum Gasteiger partial charge on any atom is 0.229 e. The number of carbonyl (C=O) groups excluding carboxylic acids is 1. The summed E-state index contributed by atoms with van der Waals surface area (Å²) in [5.41, 5.74) is 3.11. The second-order valence-corrected chi connectivity index (χ2v) is 12.3. The number of halogens is 1. The van der Waals surface area contributed by atoms with E-state index in [4.69, 9.17) is 9.97 Å². The van der Waals surface area contributed by atoms with Gasteiger partial charge in [-0.1, -0.05) is 49.4 Å². The van der Waals surface area contributed by atoms with Crippen LogP contribution in [0.15, 0.2) is 60.9 Å². The summed E-state index contributed by atoms with van der Waals surface area (Å²) in [5, 5.41) is 28.3. The number of likely N-dealkylation sites (N-methyl/N-ethyl adjacent to an activating group) is 1. The average Bonchev–Trinajstić information content (AvgIpc) is 3.77. The van der Waals surface area contributed by atoms with Gasteiger partial charge in [0.25, 0.3) is 0 Å². The number of hydrogen-bond acceptors (Lipinski definition) is 9. The summed E-state index contributed by atoms with van der Waals surface area (Å²) >= 11 is 0. The summed E-state index contributed by atoms with van der Waals surface area (Å²) in [7, 11) is 4.14. The predicted molar refractivity (Wildman–Crippen MR) is 171 cm³/mol. The van der Waals surface area contributed by atoms with Crippen LogP contribution < -0.4 is 15.5 Å². The highest BCUT2D eigenvalue weighted by atomic mass is 19.1. The van der Waals surface area contributed by atoms with Gasteiger partial charge in [-0.2, -0.15) is 9.97 Å². The second kappa shape index (κ2) is 13.1. The Morgan fingerprint density at radius 3 is 2.49 bits per heavy atom. The van der Waals surface area contributed by atoms with E-state index in [1.54, 1.807) is 30.0 Å². The maximum absolute atomic E-state index is 13.8. The normalized spacial score (nSPS) is 24.0. The van der Waals surface area contributed by atoms with Crippen LogP contribution in [-0.4, -0.2) is 98.6 Å². The highest BCUT2D eigenvalue weighted by Crippen LogP contribution is 2.35. The van der Waals surface area contributed by atoms with Crippen LogP contribution in [0.3, 0.4) is 0 Å². The molecule has 0 bridgehead atoms. The largest absolute Gasteiger partial charge is 0.388 e. The third kappa shape index (κ3) is 6.35. The van der Waals surface area contributed by atoms with Crippen molar-refractivity contribution in [3.63, 3.8) is 0 Å². The van der Waals surface area contributed by atoms with E-state index in [2.05, 4.69) is 51.6 Å². The molecular formula is C33H41FN8O3. The zero-order valence-corrected chi connectivity index (χ0v) is 25.8. The minimum Gasteiger partial charge on any atom is -0.388 e. The molecular weight excluding hydrogens is 575 g/mol. The number of imidazole rings is 1. The number of benzene rings is 2. The maximum atomic E-state index is 13.8. The van der Waals surface area contributed by atoms with E-state index in [9.17, 15) is 19.4 Å². The number of amides is 1. The van der Waals surface area contributed by atoms with Gasteiger partial charge >= 0.3 is 0 Å². The smallest absolute Gasteiger partial charge is 0.229 e. The van der Waals surface area contributed by atoms with Gasteiger partial charge in [-0.3, -0.25) is 4.79 Å². The lowest BCUT2D eigenvalue weighted by Crippen LogP contribution is -2.42. The summed E-state index contributed by atoms with van der Waals surface area (Å²) in [6, 6.07) is 15.8. The summed E-state index contributed by atoms with van der Waals surface area (Å²) < 4.78 is 15.6. The fraction of sp³-hybridized carbons (Fsp3) is 0.455. The zero-order valence-electron chi connectivity index (χ0n) is 25.8. The Balaban J connectivity index is 1.37. The van der Waals surface area contributed by atoms with Gasteiger partial charge in [0.1, 0.15) is 18.0 Å². The molecule has 0 radical (unpaired) electrons. The first-order valence-corrected chi connectivity index (χ1v) is 15.6. The Hall–Kier alpha value is -4.13. The fourth-order valence-corrected chi connectivity index (χ4v) is 6.50. The van der Waals surface area contributed by atoms with Gasteiger partial charge in [0, 0.05) is 38.0 Å². The lowest BCUT2D eigenvalue weighted by molar-refractivity contribution is -0.122. The van der Waals surface area contributed by atoms with Crippen LogP contribution in [0.1, 0.15) is 49.3 Å². The fourth-order valence-electron chi connectivity index (χ4n) is 6.50. The quantitative estimate of drug-likeness (QED) is 0.212. The van der Waals surface area contributed by atoms with Crippen LogP contribution in [0, 0.1) is 5.82 Å². The van der Waals surface area contributed by atoms with E-state index >= 15 is 0 Å². The molecule has 2 fully saturated rings. The van der Waals surface area contributed by atoms with Crippen molar-refractivity contribution < 1.29 is 19.4 Å². The molecule has 1 saturated heterocycles. The van der Waals surface area contributed by atoms with Gasteiger partial charge in [-0.05, 0) is 50.2 Å². The summed E-state index contributed by atoms with van der Waals surface area (Å²) in [5.74, 6) is 0.537. The molecule has 45 heavy (non-hydrogen) atoms. The SMILES string of the molecule is CCC(=O)N[C@H]1C[C@@H](n2cnc3c(NCC(c4ccccc4)c4ccc(F)cc4)nc(N4CC[C@@H](N(C)C)C4)nc32)[C@H](O)[C@@H]1O. The molecule has 1 unspecified atom stereocenters. The van der Waals surface area contributed by atoms with Gasteiger partial charge in [0.05, 0.1) is 18.4 Å². The van der Waals surface area contributed by atoms with E-state index in [-0.39, 0.29) is 24.1 Å². The topological polar surface area (TPSA) is 132 Å². The number of nitrogens with zero attached hydrogens (tertiary/aromatic N) is 6. The zero-order chi connectivity index (χ0) is 31.7. The monoisotopic (exact) mass is 616 g/mol. The Labute approximate surface area is 262 Å². The number of nitrogens with one attached hydrogen (secondary N) is 2. The van der Waals surface area contributed by atoms with Gasteiger partial charge in [-0.15, -0.1) is 0 Å². The van der Waals surface area contributed by atoms with Crippen LogP contribution >= 0.6 is 0 Å². The molecule has 4 N–H and O–H groups in total. The first-order chi connectivity index (χ1) is 21.7. The van der Waals surface area contributed by atoms with E-state index in [0.29, 0.717) is 41.9 Å². The highest BCUT2D eigenvalue weighted by Gasteiger charge is 2.44. The second-order valence-electron chi connectivity index (χ2n) is 12.3. The molecule has 4 aromatic rings. The van der Waals surface area contributed by atoms with Crippen molar-refractivity contribution in [2.75, 3.05) is 43.9 Å². The molecule has 6 atom stereocenters. The van der Waals surface area contributed by atoms with E-state index < -0.39 is 24.3 Å². The summed E-state index contributed by atoms with van der Waals surface area (Å²) in [6.45, 7) is 3.77. The van der Waals surface area contributed by atoms with Gasteiger partial charge in [-0.25, -0.2) is 9.37 Å². The van der Waals surface area contributed by atoms with Crippen molar-refractivity contribution in [2.24, 2.45) is 0 Å². The Bertz CT molecular complexity index is 1620. The average molecular weight is 617 g/mol. The van der Waals surface area contributed by atoms with Crippen molar-refractivity contribution in [3.05, 3.63) is 77.9 Å². The molecule has 1 aliphatic carbocycles. The lowest BCUT2D eigenvalue weighted by atomic mass is 9.91. The van der Waals surface area contributed by atoms with Crippen molar-refractivity contribution in [3.8, 4) is 0 Å². The molecule has 2 aromatic carbocycles. The molecule has 1 aliphatic heterocycles. The first-order valence-electron chi connectivity index (χ1n) is 15.6. The number of carbonyl (C=O) groups is 1. The minimum atomic E-state index is -1.12. The number of aliphatic hydroxyl groups is 2. The van der Waals surface area contributed by atoms with E-state index in [1.807, 2.05) is 18.2 Å². The number of aliphatic hydroxyl groups excluding tert-OH is 2. The van der Waals surface area contributed by atoms with Crippen LogP contribution in [0.2, 0.25) is 0 Å². The molecule has 1 saturated carbocycles. The number of rotatable bonds is 10. The molecule has 12 heteroatoms. The van der Waals surface area contributed by atoms with Crippen LogP contribution in [0.4, 0.5) is 16.2 Å². The lowest BCUT2D eigenvalue weighted by Gasteiger charge is -2.23. The number of fused-ring (bicyclic) bond motifs is 1. The van der Waals surface area contributed by atoms with Crippen molar-refractivity contribution >= 4 is 28.8 Å². The molecule has 1 amide bonds. The third-order valence-corrected chi connectivity index (χ3v) is 9.21. The minimum absolute atomic E-state index is 0.0954. The predicted octanol–water partition coefficient (Wildman–Crippen LogP) is 2.91. The first kappa shape index (κ1) is 30.9. The highest BCUT2D eigenvalue weighted by molar-refractivity contribution is 5.84. The Morgan fingerprint density at radius 1 is 1.07 bits per heavy atom. The van der Waals surface area contributed by atoms with Gasteiger partial charge in [0.15, 0.2) is 17.0 Å². The van der Waals surface area contributed by atoms with Crippen LogP contribution in [0.5, 0.6) is 0 Å². The van der Waals surface area contributed by atoms with E-state index in [0.717, 1.165) is 30.6 Å². The molecule has 11 nitrogen and oxygen atoms in total. The van der Waals surface area contributed by atoms with Crippen molar-refractivity contribution in [2.45, 2.75) is 62.4 Å². The Kier molecular flexibility index (Phi) is 8.97. The van der Waals surface area contributed by atoms with Crippen LogP contribution in [0.25, 0.3) is 11.2 Å². The van der Waals surface area contributed by atoms with Gasteiger partial charge in [0.2, 0.25) is 11.9 Å². The molecule has 6 rings (SSSR count). The number of hydrogen-bond donors (Lipinski definition) is 4. The molecule has 3 heterocycles. The molecule has 2 aromatic heterocycles. The van der Waals surface area contributed by atoms with Crippen molar-refractivity contribution in [1.82, 2.24) is 29.7 Å². The van der Waals surface area contributed by atoms with Crippen LogP contribution in [-0.2, 0) is 4.79 Å². The summed E-state index contributed by atoms with van der Waals surface area (Å²) in [4.78, 5) is 31.1. The molecule has 238 valence electrons. The van der Waals surface area contributed by atoms with Crippen molar-refractivity contribution in [1.29, 1.82) is 0 Å². The Morgan fingerprint density at radius 2 is 1.80 bits per heavy atom.